The van der Waals surface area contributed by atoms with Gasteiger partial charge in [0.1, 0.15) is 0 Å². The van der Waals surface area contributed by atoms with Crippen LogP contribution < -0.4 is 5.32 Å². The third-order valence-corrected chi connectivity index (χ3v) is 4.49. The standard InChI is InChI=1S/C17H33NO2/c1-2-3-4-5-6-7-8-9-13-18-16-12-10-11-15(14-16)17(19)20/h15-16,18H,2-14H2,1H3,(H,19,20). The molecule has 0 saturated heterocycles. The minimum absolute atomic E-state index is 0.111. The normalized spacial score (nSPS) is 22.9. The lowest BCUT2D eigenvalue weighted by Gasteiger charge is -2.27. The molecule has 1 rings (SSSR count). The first-order valence-electron chi connectivity index (χ1n) is 8.70. The van der Waals surface area contributed by atoms with Gasteiger partial charge in [0.15, 0.2) is 0 Å². The topological polar surface area (TPSA) is 49.3 Å². The molecule has 118 valence electrons. The maximum absolute atomic E-state index is 11.0. The van der Waals surface area contributed by atoms with Crippen molar-refractivity contribution in [2.75, 3.05) is 6.54 Å². The van der Waals surface area contributed by atoms with E-state index in [1.54, 1.807) is 0 Å². The van der Waals surface area contributed by atoms with E-state index in [0.29, 0.717) is 6.04 Å². The molecule has 1 fully saturated rings. The Morgan fingerprint density at radius 3 is 2.35 bits per heavy atom. The molecule has 20 heavy (non-hydrogen) atoms. The second kappa shape index (κ2) is 11.1. The molecule has 0 aromatic carbocycles. The van der Waals surface area contributed by atoms with E-state index in [2.05, 4.69) is 12.2 Å². The lowest BCUT2D eigenvalue weighted by atomic mass is 9.86. The number of nitrogens with one attached hydrogen (secondary N) is 1. The van der Waals surface area contributed by atoms with Gasteiger partial charge in [0, 0.05) is 6.04 Å². The Morgan fingerprint density at radius 1 is 1.05 bits per heavy atom. The highest BCUT2D eigenvalue weighted by Crippen LogP contribution is 2.24. The Balaban J connectivity index is 1.92. The van der Waals surface area contributed by atoms with Crippen LogP contribution in [0.5, 0.6) is 0 Å². The van der Waals surface area contributed by atoms with Gasteiger partial charge in [0.25, 0.3) is 0 Å². The number of rotatable bonds is 11. The second-order valence-corrected chi connectivity index (χ2v) is 6.33. The van der Waals surface area contributed by atoms with Gasteiger partial charge < -0.3 is 10.4 Å². The molecular formula is C17H33NO2. The number of carboxylic acids is 1. The quantitative estimate of drug-likeness (QED) is 0.554. The number of carbonyl (C=O) groups is 1. The fraction of sp³-hybridized carbons (Fsp3) is 0.941. The molecule has 0 aromatic heterocycles. The van der Waals surface area contributed by atoms with Crippen LogP contribution in [-0.2, 0) is 4.79 Å². The maximum Gasteiger partial charge on any atom is 0.306 e. The molecule has 1 aliphatic carbocycles. The Labute approximate surface area is 124 Å². The predicted molar refractivity (Wildman–Crippen MR) is 84.0 cm³/mol. The van der Waals surface area contributed by atoms with Crippen molar-refractivity contribution in [1.29, 1.82) is 0 Å². The summed E-state index contributed by atoms with van der Waals surface area (Å²) >= 11 is 0. The van der Waals surface area contributed by atoms with E-state index in [0.717, 1.165) is 32.2 Å². The molecule has 2 unspecified atom stereocenters. The van der Waals surface area contributed by atoms with Gasteiger partial charge in [-0.25, -0.2) is 0 Å². The van der Waals surface area contributed by atoms with Gasteiger partial charge in [0.05, 0.1) is 5.92 Å². The lowest BCUT2D eigenvalue weighted by Crippen LogP contribution is -2.36. The maximum atomic E-state index is 11.0. The average molecular weight is 283 g/mol. The summed E-state index contributed by atoms with van der Waals surface area (Å²) in [5.41, 5.74) is 0. The number of hydrogen-bond acceptors (Lipinski definition) is 2. The molecule has 2 atom stereocenters. The van der Waals surface area contributed by atoms with Crippen molar-refractivity contribution in [3.63, 3.8) is 0 Å². The van der Waals surface area contributed by atoms with Crippen LogP contribution in [0.2, 0.25) is 0 Å². The zero-order valence-electron chi connectivity index (χ0n) is 13.2. The second-order valence-electron chi connectivity index (χ2n) is 6.33. The summed E-state index contributed by atoms with van der Waals surface area (Å²) in [5, 5.41) is 12.6. The predicted octanol–water partition coefficient (Wildman–Crippen LogP) is 4.36. The van der Waals surface area contributed by atoms with Crippen molar-refractivity contribution < 1.29 is 9.90 Å². The minimum atomic E-state index is -0.608. The van der Waals surface area contributed by atoms with E-state index in [4.69, 9.17) is 5.11 Å². The highest BCUT2D eigenvalue weighted by Gasteiger charge is 2.26. The van der Waals surface area contributed by atoms with Crippen LogP contribution in [0.4, 0.5) is 0 Å². The van der Waals surface area contributed by atoms with E-state index in [-0.39, 0.29) is 5.92 Å². The van der Waals surface area contributed by atoms with E-state index in [1.165, 1.54) is 51.4 Å². The fourth-order valence-corrected chi connectivity index (χ4v) is 3.16. The molecule has 0 heterocycles. The molecule has 0 aliphatic heterocycles. The third-order valence-electron chi connectivity index (χ3n) is 4.49. The van der Waals surface area contributed by atoms with Gasteiger partial charge in [-0.2, -0.15) is 0 Å². The van der Waals surface area contributed by atoms with Crippen LogP contribution >= 0.6 is 0 Å². The smallest absolute Gasteiger partial charge is 0.306 e. The van der Waals surface area contributed by atoms with Crippen molar-refractivity contribution in [3.05, 3.63) is 0 Å². The first-order chi connectivity index (χ1) is 9.74. The average Bonchev–Trinajstić information content (AvgIpc) is 2.46. The SMILES string of the molecule is CCCCCCCCCCNC1CCCC(C(=O)O)C1. The van der Waals surface area contributed by atoms with Crippen molar-refractivity contribution >= 4 is 5.97 Å². The van der Waals surface area contributed by atoms with Crippen molar-refractivity contribution in [3.8, 4) is 0 Å². The number of carboxylic acid groups (broad SMARTS) is 1. The molecule has 0 bridgehead atoms. The van der Waals surface area contributed by atoms with Crippen LogP contribution in [-0.4, -0.2) is 23.7 Å². The van der Waals surface area contributed by atoms with Gasteiger partial charge in [-0.05, 0) is 32.2 Å². The Morgan fingerprint density at radius 2 is 1.70 bits per heavy atom. The monoisotopic (exact) mass is 283 g/mol. The van der Waals surface area contributed by atoms with Crippen LogP contribution in [0, 0.1) is 5.92 Å². The minimum Gasteiger partial charge on any atom is -0.481 e. The van der Waals surface area contributed by atoms with Gasteiger partial charge in [0.2, 0.25) is 0 Å². The Hall–Kier alpha value is -0.570. The van der Waals surface area contributed by atoms with E-state index in [9.17, 15) is 4.79 Å². The van der Waals surface area contributed by atoms with Crippen molar-refractivity contribution in [2.45, 2.75) is 90.0 Å². The van der Waals surface area contributed by atoms with Crippen LogP contribution in [0.3, 0.4) is 0 Å². The molecule has 1 saturated carbocycles. The third kappa shape index (κ3) is 7.88. The number of hydrogen-bond donors (Lipinski definition) is 2. The van der Waals surface area contributed by atoms with E-state index < -0.39 is 5.97 Å². The summed E-state index contributed by atoms with van der Waals surface area (Å²) in [6, 6.07) is 0.439. The van der Waals surface area contributed by atoms with Crippen molar-refractivity contribution in [1.82, 2.24) is 5.32 Å². The highest BCUT2D eigenvalue weighted by molar-refractivity contribution is 5.70. The molecule has 3 heteroatoms. The highest BCUT2D eigenvalue weighted by atomic mass is 16.4. The number of unbranched alkanes of at least 4 members (excludes halogenated alkanes) is 7. The van der Waals surface area contributed by atoms with Gasteiger partial charge in [-0.1, -0.05) is 58.3 Å². The first kappa shape index (κ1) is 17.5. The molecule has 2 N–H and O–H groups in total. The van der Waals surface area contributed by atoms with Gasteiger partial charge in [-0.3, -0.25) is 4.79 Å². The molecule has 0 radical (unpaired) electrons. The zero-order chi connectivity index (χ0) is 14.6. The molecule has 3 nitrogen and oxygen atoms in total. The first-order valence-corrected chi connectivity index (χ1v) is 8.70. The zero-order valence-corrected chi connectivity index (χ0v) is 13.2. The largest absolute Gasteiger partial charge is 0.481 e. The summed E-state index contributed by atoms with van der Waals surface area (Å²) in [7, 11) is 0. The summed E-state index contributed by atoms with van der Waals surface area (Å²) < 4.78 is 0. The summed E-state index contributed by atoms with van der Waals surface area (Å²) in [6.07, 6.45) is 14.7. The van der Waals surface area contributed by atoms with Crippen LogP contribution in [0.1, 0.15) is 84.0 Å². The fourth-order valence-electron chi connectivity index (χ4n) is 3.16. The van der Waals surface area contributed by atoms with Gasteiger partial charge in [-0.15, -0.1) is 0 Å². The summed E-state index contributed by atoms with van der Waals surface area (Å²) in [6.45, 7) is 3.32. The van der Waals surface area contributed by atoms with E-state index >= 15 is 0 Å². The van der Waals surface area contributed by atoms with Crippen LogP contribution in [0.15, 0.2) is 0 Å². The summed E-state index contributed by atoms with van der Waals surface area (Å²) in [4.78, 5) is 11.0. The van der Waals surface area contributed by atoms with E-state index in [1.807, 2.05) is 0 Å². The van der Waals surface area contributed by atoms with Crippen LogP contribution in [0.25, 0.3) is 0 Å². The lowest BCUT2D eigenvalue weighted by molar-refractivity contribution is -0.143. The summed E-state index contributed by atoms with van der Waals surface area (Å²) in [5.74, 6) is -0.719. The molecule has 0 amide bonds. The molecular weight excluding hydrogens is 250 g/mol. The number of aliphatic carboxylic acids is 1. The Bertz CT molecular complexity index is 255. The molecule has 1 aliphatic rings. The Kier molecular flexibility index (Phi) is 9.73. The van der Waals surface area contributed by atoms with Gasteiger partial charge >= 0.3 is 5.97 Å². The van der Waals surface area contributed by atoms with Crippen molar-refractivity contribution in [2.24, 2.45) is 5.92 Å². The molecule has 0 spiro atoms. The molecule has 0 aromatic rings.